The van der Waals surface area contributed by atoms with Gasteiger partial charge in [0.15, 0.2) is 0 Å². The lowest BCUT2D eigenvalue weighted by Gasteiger charge is -1.97. The van der Waals surface area contributed by atoms with Crippen molar-refractivity contribution in [2.45, 2.75) is 0 Å². The van der Waals surface area contributed by atoms with Gasteiger partial charge in [-0.3, -0.25) is 10.4 Å². The molecule has 0 fully saturated rings. The number of anilines is 1. The minimum atomic E-state index is 0.975. The van der Waals surface area contributed by atoms with Gasteiger partial charge in [-0.05, 0) is 29.8 Å². The zero-order valence-corrected chi connectivity index (χ0v) is 8.17. The fraction of sp³-hybridized carbons (Fsp3) is 0. The van der Waals surface area contributed by atoms with E-state index >= 15 is 0 Å². The average molecular weight is 197 g/mol. The third-order valence-electron chi connectivity index (χ3n) is 1.89. The molecule has 0 spiro atoms. The Hall–Kier alpha value is -2.16. The second-order valence-corrected chi connectivity index (χ2v) is 3.02. The molecule has 0 radical (unpaired) electrons. The molecule has 1 N–H and O–H groups in total. The molecule has 1 heterocycles. The van der Waals surface area contributed by atoms with Crippen molar-refractivity contribution in [3.63, 3.8) is 0 Å². The second kappa shape index (κ2) is 4.91. The Bertz CT molecular complexity index is 423. The van der Waals surface area contributed by atoms with Crippen LogP contribution in [-0.2, 0) is 0 Å². The molecular formula is C12H11N3. The van der Waals surface area contributed by atoms with Crippen molar-refractivity contribution in [1.82, 2.24) is 4.98 Å². The molecule has 3 nitrogen and oxygen atoms in total. The van der Waals surface area contributed by atoms with Gasteiger partial charge in [0, 0.05) is 12.4 Å². The second-order valence-electron chi connectivity index (χ2n) is 3.02. The smallest absolute Gasteiger partial charge is 0.0561 e. The topological polar surface area (TPSA) is 37.3 Å². The van der Waals surface area contributed by atoms with Crippen molar-refractivity contribution in [3.05, 3.63) is 60.4 Å². The van der Waals surface area contributed by atoms with Crippen molar-refractivity contribution >= 4 is 11.9 Å². The van der Waals surface area contributed by atoms with Crippen LogP contribution in [0.4, 0.5) is 5.69 Å². The Kier molecular flexibility index (Phi) is 3.07. The normalized spacial score (nSPS) is 10.4. The lowest BCUT2D eigenvalue weighted by atomic mass is 10.3. The average Bonchev–Trinajstić information content (AvgIpc) is 2.32. The van der Waals surface area contributed by atoms with Gasteiger partial charge in [-0.25, -0.2) is 0 Å². The highest BCUT2D eigenvalue weighted by Gasteiger charge is 1.85. The minimum absolute atomic E-state index is 0.975. The minimum Gasteiger partial charge on any atom is -0.279 e. The first kappa shape index (κ1) is 9.40. The van der Waals surface area contributed by atoms with Gasteiger partial charge < -0.3 is 0 Å². The van der Waals surface area contributed by atoms with Crippen molar-refractivity contribution in [1.29, 1.82) is 0 Å². The number of hydrogen-bond acceptors (Lipinski definition) is 3. The van der Waals surface area contributed by atoms with Crippen LogP contribution < -0.4 is 5.43 Å². The number of benzene rings is 1. The Morgan fingerprint density at radius 2 is 1.73 bits per heavy atom. The lowest BCUT2D eigenvalue weighted by molar-refractivity contribution is 1.31. The molecule has 1 aromatic carbocycles. The molecule has 1 aromatic heterocycles. The summed E-state index contributed by atoms with van der Waals surface area (Å²) in [6.07, 6.45) is 5.24. The number of pyridine rings is 1. The van der Waals surface area contributed by atoms with Crippen LogP contribution in [0.25, 0.3) is 0 Å². The zero-order valence-electron chi connectivity index (χ0n) is 8.17. The first-order valence-electron chi connectivity index (χ1n) is 4.69. The van der Waals surface area contributed by atoms with Gasteiger partial charge in [0.05, 0.1) is 11.9 Å². The first-order valence-corrected chi connectivity index (χ1v) is 4.69. The van der Waals surface area contributed by atoms with Gasteiger partial charge in [0.25, 0.3) is 0 Å². The van der Waals surface area contributed by atoms with Crippen LogP contribution >= 0.6 is 0 Å². The third-order valence-corrected chi connectivity index (χ3v) is 1.89. The molecule has 2 rings (SSSR count). The fourth-order valence-corrected chi connectivity index (χ4v) is 1.14. The molecule has 0 bridgehead atoms. The number of para-hydroxylation sites is 1. The van der Waals surface area contributed by atoms with Crippen LogP contribution in [0.5, 0.6) is 0 Å². The summed E-state index contributed by atoms with van der Waals surface area (Å²) >= 11 is 0. The van der Waals surface area contributed by atoms with E-state index in [1.165, 1.54) is 0 Å². The molecule has 0 saturated carbocycles. The summed E-state index contributed by atoms with van der Waals surface area (Å²) < 4.78 is 0. The van der Waals surface area contributed by atoms with Crippen LogP contribution in [0, 0.1) is 0 Å². The van der Waals surface area contributed by atoms with E-state index in [1.807, 2.05) is 42.5 Å². The maximum atomic E-state index is 4.11. The molecule has 0 aliphatic rings. The zero-order chi connectivity index (χ0) is 10.3. The molecule has 0 saturated heterocycles. The van der Waals surface area contributed by atoms with E-state index in [0.717, 1.165) is 11.3 Å². The third kappa shape index (κ3) is 2.91. The molecule has 74 valence electrons. The van der Waals surface area contributed by atoms with Crippen LogP contribution in [-0.4, -0.2) is 11.2 Å². The van der Waals surface area contributed by atoms with E-state index in [9.17, 15) is 0 Å². The number of hydrogen-bond donors (Lipinski definition) is 1. The van der Waals surface area contributed by atoms with E-state index in [2.05, 4.69) is 15.5 Å². The van der Waals surface area contributed by atoms with Gasteiger partial charge in [-0.15, -0.1) is 0 Å². The SMILES string of the molecule is C(=N/Nc1ccccc1)/c1ccncc1. The van der Waals surface area contributed by atoms with Crippen molar-refractivity contribution < 1.29 is 0 Å². The summed E-state index contributed by atoms with van der Waals surface area (Å²) in [6.45, 7) is 0. The maximum Gasteiger partial charge on any atom is 0.0561 e. The van der Waals surface area contributed by atoms with Gasteiger partial charge in [-0.2, -0.15) is 5.10 Å². The quantitative estimate of drug-likeness (QED) is 0.606. The van der Waals surface area contributed by atoms with Gasteiger partial charge in [0.2, 0.25) is 0 Å². The lowest BCUT2D eigenvalue weighted by Crippen LogP contribution is -1.89. The number of aromatic nitrogens is 1. The Labute approximate surface area is 88.5 Å². The fourth-order valence-electron chi connectivity index (χ4n) is 1.14. The van der Waals surface area contributed by atoms with Crippen LogP contribution in [0.3, 0.4) is 0 Å². The molecule has 0 unspecified atom stereocenters. The largest absolute Gasteiger partial charge is 0.279 e. The molecule has 2 aromatic rings. The number of hydrazone groups is 1. The number of nitrogens with one attached hydrogen (secondary N) is 1. The number of rotatable bonds is 3. The maximum absolute atomic E-state index is 4.11. The van der Waals surface area contributed by atoms with E-state index in [0.29, 0.717) is 0 Å². The van der Waals surface area contributed by atoms with Gasteiger partial charge in [-0.1, -0.05) is 18.2 Å². The van der Waals surface area contributed by atoms with Crippen molar-refractivity contribution in [2.24, 2.45) is 5.10 Å². The molecule has 0 aliphatic heterocycles. The molecule has 0 atom stereocenters. The molecule has 3 heteroatoms. The molecule has 15 heavy (non-hydrogen) atoms. The predicted molar refractivity (Wildman–Crippen MR) is 61.9 cm³/mol. The van der Waals surface area contributed by atoms with Crippen molar-refractivity contribution in [2.75, 3.05) is 5.43 Å². The highest BCUT2D eigenvalue weighted by atomic mass is 15.3. The summed E-state index contributed by atoms with van der Waals surface area (Å²) in [7, 11) is 0. The van der Waals surface area contributed by atoms with Crippen molar-refractivity contribution in [3.8, 4) is 0 Å². The predicted octanol–water partition coefficient (Wildman–Crippen LogP) is 2.53. The molecule has 0 aliphatic carbocycles. The van der Waals surface area contributed by atoms with Crippen LogP contribution in [0.1, 0.15) is 5.56 Å². The summed E-state index contributed by atoms with van der Waals surface area (Å²) in [5, 5.41) is 4.11. The van der Waals surface area contributed by atoms with Gasteiger partial charge in [0.1, 0.15) is 0 Å². The molecular weight excluding hydrogens is 186 g/mol. The summed E-state index contributed by atoms with van der Waals surface area (Å²) in [5.41, 5.74) is 4.94. The Balaban J connectivity index is 1.97. The van der Waals surface area contributed by atoms with E-state index < -0.39 is 0 Å². The van der Waals surface area contributed by atoms with Gasteiger partial charge >= 0.3 is 0 Å². The Morgan fingerprint density at radius 1 is 1.00 bits per heavy atom. The number of nitrogens with zero attached hydrogens (tertiary/aromatic N) is 2. The summed E-state index contributed by atoms with van der Waals surface area (Å²) in [4.78, 5) is 3.93. The standard InChI is InChI=1S/C12H11N3/c1-2-4-12(5-3-1)15-14-10-11-6-8-13-9-7-11/h1-10,15H/b14-10-. The summed E-state index contributed by atoms with van der Waals surface area (Å²) in [6, 6.07) is 13.6. The van der Waals surface area contributed by atoms with Crippen LogP contribution in [0.2, 0.25) is 0 Å². The highest BCUT2D eigenvalue weighted by molar-refractivity contribution is 5.79. The Morgan fingerprint density at radius 3 is 2.47 bits per heavy atom. The summed E-state index contributed by atoms with van der Waals surface area (Å²) in [5.74, 6) is 0. The monoisotopic (exact) mass is 197 g/mol. The molecule has 0 amide bonds. The van der Waals surface area contributed by atoms with E-state index in [-0.39, 0.29) is 0 Å². The van der Waals surface area contributed by atoms with E-state index in [4.69, 9.17) is 0 Å². The van der Waals surface area contributed by atoms with E-state index in [1.54, 1.807) is 18.6 Å². The highest BCUT2D eigenvalue weighted by Crippen LogP contribution is 2.04. The van der Waals surface area contributed by atoms with Crippen LogP contribution in [0.15, 0.2) is 60.0 Å². The first-order chi connectivity index (χ1) is 7.45.